The molecule has 0 fully saturated rings. The van der Waals surface area contributed by atoms with Gasteiger partial charge in [-0.25, -0.2) is 0 Å². The van der Waals surface area contributed by atoms with E-state index >= 15 is 0 Å². The van der Waals surface area contributed by atoms with Crippen molar-refractivity contribution in [2.75, 3.05) is 13.7 Å². The molecule has 0 aromatic heterocycles. The molecule has 0 aliphatic rings. The highest BCUT2D eigenvalue weighted by molar-refractivity contribution is 8.13. The van der Waals surface area contributed by atoms with Crippen LogP contribution in [-0.2, 0) is 5.75 Å². The average molecular weight is 386 g/mol. The van der Waals surface area contributed by atoms with Gasteiger partial charge in [-0.05, 0) is 30.0 Å². The van der Waals surface area contributed by atoms with Crippen LogP contribution < -0.4 is 15.2 Å². The van der Waals surface area contributed by atoms with Crippen molar-refractivity contribution in [3.63, 3.8) is 0 Å². The molecule has 2 rings (SSSR count). The third-order valence-corrected chi connectivity index (χ3v) is 4.61. The summed E-state index contributed by atoms with van der Waals surface area (Å²) in [5, 5.41) is 8.60. The number of amidine groups is 1. The highest BCUT2D eigenvalue weighted by atomic mass is 32.2. The van der Waals surface area contributed by atoms with E-state index in [0.717, 1.165) is 17.7 Å². The summed E-state index contributed by atoms with van der Waals surface area (Å²) in [6, 6.07) is 15.8. The molecule has 0 saturated carbocycles. The van der Waals surface area contributed by atoms with Crippen molar-refractivity contribution in [1.82, 2.24) is 0 Å². The van der Waals surface area contributed by atoms with Crippen LogP contribution in [0.4, 0.5) is 0 Å². The van der Waals surface area contributed by atoms with Crippen LogP contribution in [-0.4, -0.2) is 25.1 Å². The van der Waals surface area contributed by atoms with E-state index in [9.17, 15) is 0 Å². The van der Waals surface area contributed by atoms with Crippen molar-refractivity contribution in [3.05, 3.63) is 59.7 Å². The standard InChI is InChI=1S/C21H27N3O2S/c1-16(2)12-13-26-20-18(10-7-11-19(20)25-3)14-23-24-21(22)27-15-17-8-5-4-6-9-17/h4-11,14,16H,12-13,15H2,1-3H3,(H2,22,24). The van der Waals surface area contributed by atoms with Gasteiger partial charge in [-0.15, -0.1) is 5.10 Å². The molecule has 0 aliphatic carbocycles. The van der Waals surface area contributed by atoms with E-state index in [0.29, 0.717) is 29.2 Å². The van der Waals surface area contributed by atoms with Gasteiger partial charge in [0.2, 0.25) is 0 Å². The molecule has 0 bridgehead atoms. The first kappa shape index (κ1) is 20.8. The van der Waals surface area contributed by atoms with Crippen LogP contribution >= 0.6 is 11.8 Å². The Balaban J connectivity index is 2.01. The van der Waals surface area contributed by atoms with E-state index in [-0.39, 0.29) is 0 Å². The Morgan fingerprint density at radius 1 is 1.15 bits per heavy atom. The van der Waals surface area contributed by atoms with Crippen molar-refractivity contribution in [2.45, 2.75) is 26.0 Å². The lowest BCUT2D eigenvalue weighted by atomic mass is 10.1. The lowest BCUT2D eigenvalue weighted by molar-refractivity contribution is 0.272. The number of para-hydroxylation sites is 1. The summed E-state index contributed by atoms with van der Waals surface area (Å²) in [5.41, 5.74) is 7.94. The van der Waals surface area contributed by atoms with Gasteiger partial charge in [-0.2, -0.15) is 5.10 Å². The third-order valence-electron chi connectivity index (χ3n) is 3.75. The lowest BCUT2D eigenvalue weighted by Crippen LogP contribution is -2.06. The van der Waals surface area contributed by atoms with E-state index in [4.69, 9.17) is 15.2 Å². The summed E-state index contributed by atoms with van der Waals surface area (Å²) in [7, 11) is 1.63. The molecule has 0 amide bonds. The van der Waals surface area contributed by atoms with Gasteiger partial charge in [0.05, 0.1) is 19.9 Å². The first-order chi connectivity index (χ1) is 13.1. The van der Waals surface area contributed by atoms with Crippen LogP contribution in [0.15, 0.2) is 58.7 Å². The fourth-order valence-electron chi connectivity index (χ4n) is 2.25. The molecule has 0 radical (unpaired) electrons. The summed E-state index contributed by atoms with van der Waals surface area (Å²) >= 11 is 1.45. The van der Waals surface area contributed by atoms with Gasteiger partial charge < -0.3 is 15.2 Å². The van der Waals surface area contributed by atoms with E-state index in [2.05, 4.69) is 36.2 Å². The van der Waals surface area contributed by atoms with Crippen LogP contribution in [0.25, 0.3) is 0 Å². The number of thioether (sulfide) groups is 1. The minimum absolute atomic E-state index is 0.417. The van der Waals surface area contributed by atoms with Gasteiger partial charge in [-0.1, -0.05) is 62.0 Å². The molecule has 0 unspecified atom stereocenters. The number of hydrogen-bond donors (Lipinski definition) is 1. The van der Waals surface area contributed by atoms with Crippen LogP contribution in [0, 0.1) is 5.92 Å². The Hall–Kier alpha value is -2.47. The molecular weight excluding hydrogens is 358 g/mol. The molecule has 5 nitrogen and oxygen atoms in total. The minimum Gasteiger partial charge on any atom is -0.493 e. The van der Waals surface area contributed by atoms with Gasteiger partial charge in [0.1, 0.15) is 0 Å². The Morgan fingerprint density at radius 2 is 1.93 bits per heavy atom. The Morgan fingerprint density at radius 3 is 2.63 bits per heavy atom. The number of nitrogens with two attached hydrogens (primary N) is 1. The average Bonchev–Trinajstić information content (AvgIpc) is 2.67. The van der Waals surface area contributed by atoms with Crippen molar-refractivity contribution < 1.29 is 9.47 Å². The van der Waals surface area contributed by atoms with Gasteiger partial charge in [0.15, 0.2) is 16.7 Å². The zero-order valence-corrected chi connectivity index (χ0v) is 16.9. The predicted molar refractivity (Wildman–Crippen MR) is 115 cm³/mol. The fraction of sp³-hybridized carbons (Fsp3) is 0.333. The Kier molecular flexibility index (Phi) is 8.71. The Labute approximate surface area is 165 Å². The molecule has 0 saturated heterocycles. The van der Waals surface area contributed by atoms with E-state index in [1.165, 1.54) is 17.3 Å². The molecule has 2 N–H and O–H groups in total. The molecule has 2 aromatic rings. The van der Waals surface area contributed by atoms with Crippen molar-refractivity contribution in [2.24, 2.45) is 21.9 Å². The maximum atomic E-state index is 5.94. The number of ether oxygens (including phenoxy) is 2. The van der Waals surface area contributed by atoms with E-state index in [1.54, 1.807) is 13.3 Å². The smallest absolute Gasteiger partial charge is 0.180 e. The van der Waals surface area contributed by atoms with Gasteiger partial charge in [0, 0.05) is 11.3 Å². The zero-order chi connectivity index (χ0) is 19.5. The normalized spacial score (nSPS) is 11.9. The monoisotopic (exact) mass is 385 g/mol. The summed E-state index contributed by atoms with van der Waals surface area (Å²) in [4.78, 5) is 0. The second-order valence-corrected chi connectivity index (χ2v) is 7.36. The van der Waals surface area contributed by atoms with E-state index < -0.39 is 0 Å². The van der Waals surface area contributed by atoms with Crippen molar-refractivity contribution >= 4 is 23.1 Å². The molecule has 0 aliphatic heterocycles. The predicted octanol–water partition coefficient (Wildman–Crippen LogP) is 4.70. The molecule has 0 atom stereocenters. The maximum absolute atomic E-state index is 5.94. The quantitative estimate of drug-likeness (QED) is 0.386. The first-order valence-electron chi connectivity index (χ1n) is 8.93. The molecule has 2 aromatic carbocycles. The molecule has 144 valence electrons. The summed E-state index contributed by atoms with van der Waals surface area (Å²) in [6.07, 6.45) is 2.61. The second kappa shape index (κ2) is 11.3. The lowest BCUT2D eigenvalue weighted by Gasteiger charge is -2.13. The van der Waals surface area contributed by atoms with Crippen LogP contribution in [0.3, 0.4) is 0 Å². The Bertz CT molecular complexity index is 761. The number of nitrogens with zero attached hydrogens (tertiary/aromatic N) is 2. The fourth-order valence-corrected chi connectivity index (χ4v) is 2.87. The van der Waals surface area contributed by atoms with Gasteiger partial charge in [0.25, 0.3) is 0 Å². The number of methoxy groups -OCH3 is 1. The number of rotatable bonds is 9. The molecule has 6 heteroatoms. The maximum Gasteiger partial charge on any atom is 0.180 e. The second-order valence-electron chi connectivity index (χ2n) is 6.37. The highest BCUT2D eigenvalue weighted by Crippen LogP contribution is 2.30. The largest absolute Gasteiger partial charge is 0.493 e. The number of hydrogen-bond acceptors (Lipinski definition) is 5. The van der Waals surface area contributed by atoms with Crippen molar-refractivity contribution in [3.8, 4) is 11.5 Å². The minimum atomic E-state index is 0.417. The zero-order valence-electron chi connectivity index (χ0n) is 16.1. The van der Waals surface area contributed by atoms with E-state index in [1.807, 2.05) is 36.4 Å². The highest BCUT2D eigenvalue weighted by Gasteiger charge is 2.09. The number of benzene rings is 2. The molecule has 0 heterocycles. The van der Waals surface area contributed by atoms with Gasteiger partial charge in [-0.3, -0.25) is 0 Å². The summed E-state index contributed by atoms with van der Waals surface area (Å²) in [6.45, 7) is 4.95. The van der Waals surface area contributed by atoms with Crippen LogP contribution in [0.2, 0.25) is 0 Å². The van der Waals surface area contributed by atoms with Crippen molar-refractivity contribution in [1.29, 1.82) is 0 Å². The molecule has 0 spiro atoms. The topological polar surface area (TPSA) is 69.2 Å². The third kappa shape index (κ3) is 7.35. The SMILES string of the molecule is COc1cccc(C=NN=C(N)SCc2ccccc2)c1OCCC(C)C. The molecule has 27 heavy (non-hydrogen) atoms. The molecular formula is C21H27N3O2S. The summed E-state index contributed by atoms with van der Waals surface area (Å²) < 4.78 is 11.3. The first-order valence-corrected chi connectivity index (χ1v) is 9.91. The van der Waals surface area contributed by atoms with Crippen LogP contribution in [0.5, 0.6) is 11.5 Å². The van der Waals surface area contributed by atoms with Gasteiger partial charge >= 0.3 is 0 Å². The summed E-state index contributed by atoms with van der Waals surface area (Å²) in [5.74, 6) is 2.69. The van der Waals surface area contributed by atoms with Crippen LogP contribution in [0.1, 0.15) is 31.4 Å².